The van der Waals surface area contributed by atoms with E-state index in [4.69, 9.17) is 5.73 Å². The molecule has 1 unspecified atom stereocenters. The number of halogens is 3. The predicted molar refractivity (Wildman–Crippen MR) is 94.9 cm³/mol. The van der Waals surface area contributed by atoms with E-state index in [1.807, 2.05) is 0 Å². The summed E-state index contributed by atoms with van der Waals surface area (Å²) in [5.41, 5.74) is 6.58. The number of ether oxygens (including phenoxy) is 1. The van der Waals surface area contributed by atoms with E-state index in [2.05, 4.69) is 24.6 Å². The highest BCUT2D eigenvalue weighted by molar-refractivity contribution is 5.68. The average molecular weight is 380 g/mol. The van der Waals surface area contributed by atoms with E-state index >= 15 is 0 Å². The van der Waals surface area contributed by atoms with Crippen LogP contribution in [0.5, 0.6) is 5.75 Å². The van der Waals surface area contributed by atoms with Crippen molar-refractivity contribution in [2.24, 2.45) is 0 Å². The van der Waals surface area contributed by atoms with Gasteiger partial charge in [0.1, 0.15) is 12.0 Å². The molecule has 0 radical (unpaired) electrons. The number of rotatable bonds is 5. The number of hydrogen-bond donors (Lipinski definition) is 1. The van der Waals surface area contributed by atoms with Crippen LogP contribution in [-0.4, -0.2) is 53.9 Å². The van der Waals surface area contributed by atoms with Crippen LogP contribution >= 0.6 is 0 Å². The summed E-state index contributed by atoms with van der Waals surface area (Å²) in [6.07, 6.45) is 2.04. The molecule has 144 valence electrons. The maximum absolute atomic E-state index is 13.6. The maximum atomic E-state index is 13.6. The Balaban J connectivity index is 1.73. The molecule has 0 aromatic carbocycles. The van der Waals surface area contributed by atoms with Crippen molar-refractivity contribution in [2.75, 3.05) is 41.7 Å². The van der Waals surface area contributed by atoms with Gasteiger partial charge in [-0.1, -0.05) is 0 Å². The Kier molecular flexibility index (Phi) is 4.63. The molecule has 2 saturated heterocycles. The van der Waals surface area contributed by atoms with Gasteiger partial charge in [0.25, 0.3) is 0 Å². The standard InChI is InChI=1S/C17H19F3N6O/c18-11-2-5-26(9-11)17-23-12(7-14(24-17)25-3-1-4-25)10-6-13(27-16(19)20)15(21)22-8-10/h6-8,11,16H,1-5,9H2,(H2,21,22). The third kappa shape index (κ3) is 3.69. The van der Waals surface area contributed by atoms with Gasteiger partial charge < -0.3 is 20.3 Å². The smallest absolute Gasteiger partial charge is 0.387 e. The Morgan fingerprint density at radius 2 is 1.96 bits per heavy atom. The van der Waals surface area contributed by atoms with Gasteiger partial charge in [0, 0.05) is 37.5 Å². The summed E-state index contributed by atoms with van der Waals surface area (Å²) < 4.78 is 43.2. The molecule has 4 rings (SSSR count). The molecular formula is C17H19F3N6O. The number of nitrogens with two attached hydrogens (primary N) is 1. The average Bonchev–Trinajstić information content (AvgIpc) is 3.01. The molecule has 2 aromatic rings. The first-order valence-corrected chi connectivity index (χ1v) is 8.73. The van der Waals surface area contributed by atoms with Gasteiger partial charge in [-0.3, -0.25) is 0 Å². The van der Waals surface area contributed by atoms with Crippen LogP contribution < -0.4 is 20.3 Å². The van der Waals surface area contributed by atoms with Gasteiger partial charge in [-0.15, -0.1) is 0 Å². The van der Waals surface area contributed by atoms with Crippen molar-refractivity contribution in [3.05, 3.63) is 18.3 Å². The Morgan fingerprint density at radius 3 is 2.59 bits per heavy atom. The Labute approximate surface area is 154 Å². The Hall–Kier alpha value is -2.78. The van der Waals surface area contributed by atoms with Crippen LogP contribution in [0.25, 0.3) is 11.3 Å². The number of pyridine rings is 1. The van der Waals surface area contributed by atoms with Crippen LogP contribution in [0.15, 0.2) is 18.3 Å². The second-order valence-electron chi connectivity index (χ2n) is 6.57. The van der Waals surface area contributed by atoms with Crippen molar-refractivity contribution < 1.29 is 17.9 Å². The molecule has 0 aliphatic carbocycles. The number of anilines is 3. The van der Waals surface area contributed by atoms with Crippen molar-refractivity contribution in [3.8, 4) is 17.0 Å². The zero-order valence-corrected chi connectivity index (χ0v) is 14.5. The van der Waals surface area contributed by atoms with Crippen molar-refractivity contribution in [3.63, 3.8) is 0 Å². The van der Waals surface area contributed by atoms with Crippen LogP contribution in [0.3, 0.4) is 0 Å². The lowest BCUT2D eigenvalue weighted by Gasteiger charge is -2.32. The SMILES string of the molecule is Nc1ncc(-c2cc(N3CCC3)nc(N3CCC(F)C3)n2)cc1OC(F)F. The van der Waals surface area contributed by atoms with E-state index in [0.29, 0.717) is 30.2 Å². The Morgan fingerprint density at radius 1 is 1.15 bits per heavy atom. The second-order valence-corrected chi connectivity index (χ2v) is 6.57. The first-order chi connectivity index (χ1) is 13.0. The van der Waals surface area contributed by atoms with Gasteiger partial charge in [-0.2, -0.15) is 13.8 Å². The molecule has 0 bridgehead atoms. The maximum Gasteiger partial charge on any atom is 0.387 e. The molecule has 2 fully saturated rings. The second kappa shape index (κ2) is 7.09. The minimum Gasteiger partial charge on any atom is -0.431 e. The minimum atomic E-state index is -3.01. The number of hydrogen-bond acceptors (Lipinski definition) is 7. The van der Waals surface area contributed by atoms with E-state index in [0.717, 1.165) is 25.3 Å². The van der Waals surface area contributed by atoms with Crippen LogP contribution in [-0.2, 0) is 0 Å². The number of nitrogen functional groups attached to an aromatic ring is 1. The predicted octanol–water partition coefficient (Wildman–Crippen LogP) is 2.48. The molecule has 0 spiro atoms. The topological polar surface area (TPSA) is 80.4 Å². The molecule has 27 heavy (non-hydrogen) atoms. The Bertz CT molecular complexity index is 832. The normalized spacial score (nSPS) is 19.5. The molecule has 2 aliphatic rings. The fraction of sp³-hybridized carbons (Fsp3) is 0.471. The summed E-state index contributed by atoms with van der Waals surface area (Å²) in [5.74, 6) is 0.800. The van der Waals surface area contributed by atoms with E-state index in [1.165, 1.54) is 12.3 Å². The number of nitrogens with zero attached hydrogens (tertiary/aromatic N) is 5. The highest BCUT2D eigenvalue weighted by atomic mass is 19.3. The van der Waals surface area contributed by atoms with Crippen molar-refractivity contribution in [2.45, 2.75) is 25.6 Å². The van der Waals surface area contributed by atoms with Gasteiger partial charge in [-0.25, -0.2) is 14.4 Å². The van der Waals surface area contributed by atoms with Gasteiger partial charge in [0.2, 0.25) is 5.95 Å². The molecule has 0 saturated carbocycles. The van der Waals surface area contributed by atoms with E-state index < -0.39 is 12.8 Å². The third-order valence-electron chi connectivity index (χ3n) is 4.69. The van der Waals surface area contributed by atoms with Gasteiger partial charge in [0.05, 0.1) is 12.2 Å². The summed E-state index contributed by atoms with van der Waals surface area (Å²) >= 11 is 0. The molecular weight excluding hydrogens is 361 g/mol. The largest absolute Gasteiger partial charge is 0.431 e. The van der Waals surface area contributed by atoms with Crippen LogP contribution in [0.1, 0.15) is 12.8 Å². The zero-order chi connectivity index (χ0) is 19.0. The molecule has 1 atom stereocenters. The summed E-state index contributed by atoms with van der Waals surface area (Å²) in [5, 5.41) is 0. The summed E-state index contributed by atoms with van der Waals surface area (Å²) in [4.78, 5) is 16.9. The minimum absolute atomic E-state index is 0.129. The highest BCUT2D eigenvalue weighted by Gasteiger charge is 2.26. The van der Waals surface area contributed by atoms with Crippen molar-refractivity contribution in [1.29, 1.82) is 0 Å². The van der Waals surface area contributed by atoms with E-state index in [-0.39, 0.29) is 18.1 Å². The molecule has 2 aliphatic heterocycles. The molecule has 2 N–H and O–H groups in total. The molecule has 10 heteroatoms. The van der Waals surface area contributed by atoms with E-state index in [9.17, 15) is 13.2 Å². The fourth-order valence-corrected chi connectivity index (χ4v) is 3.10. The van der Waals surface area contributed by atoms with Gasteiger partial charge in [0.15, 0.2) is 11.6 Å². The van der Waals surface area contributed by atoms with Crippen LogP contribution in [0.2, 0.25) is 0 Å². The van der Waals surface area contributed by atoms with Crippen molar-refractivity contribution >= 4 is 17.6 Å². The molecule has 0 amide bonds. The lowest BCUT2D eigenvalue weighted by molar-refractivity contribution is -0.0494. The molecule has 7 nitrogen and oxygen atoms in total. The quantitative estimate of drug-likeness (QED) is 0.854. The van der Waals surface area contributed by atoms with Crippen LogP contribution in [0, 0.1) is 0 Å². The van der Waals surface area contributed by atoms with Gasteiger partial charge in [-0.05, 0) is 18.9 Å². The molecule has 2 aromatic heterocycles. The third-order valence-corrected chi connectivity index (χ3v) is 4.69. The van der Waals surface area contributed by atoms with E-state index in [1.54, 1.807) is 11.0 Å². The first-order valence-electron chi connectivity index (χ1n) is 8.73. The lowest BCUT2D eigenvalue weighted by atomic mass is 10.1. The lowest BCUT2D eigenvalue weighted by Crippen LogP contribution is -2.38. The summed E-state index contributed by atoms with van der Waals surface area (Å²) in [6, 6.07) is 3.15. The van der Waals surface area contributed by atoms with Crippen molar-refractivity contribution in [1.82, 2.24) is 15.0 Å². The first kappa shape index (κ1) is 17.6. The number of alkyl halides is 3. The van der Waals surface area contributed by atoms with Gasteiger partial charge >= 0.3 is 6.61 Å². The highest BCUT2D eigenvalue weighted by Crippen LogP contribution is 2.32. The zero-order valence-electron chi connectivity index (χ0n) is 14.5. The summed E-state index contributed by atoms with van der Waals surface area (Å²) in [6.45, 7) is -0.483. The molecule has 4 heterocycles. The fourth-order valence-electron chi connectivity index (χ4n) is 3.10. The monoisotopic (exact) mass is 380 g/mol. The van der Waals surface area contributed by atoms with Crippen LogP contribution in [0.4, 0.5) is 30.8 Å². The number of aromatic nitrogens is 3. The summed E-state index contributed by atoms with van der Waals surface area (Å²) in [7, 11) is 0.